The van der Waals surface area contributed by atoms with Crippen molar-refractivity contribution in [3.05, 3.63) is 18.0 Å². The molecule has 0 aromatic carbocycles. The van der Waals surface area contributed by atoms with Crippen LogP contribution in [-0.4, -0.2) is 34.6 Å². The molecule has 0 spiro atoms. The van der Waals surface area contributed by atoms with Gasteiger partial charge in [-0.3, -0.25) is 14.8 Å². The maximum absolute atomic E-state index is 11.7. The fourth-order valence-corrected chi connectivity index (χ4v) is 1.50. The largest absolute Gasteiger partial charge is 0.469 e. The first-order valence-corrected chi connectivity index (χ1v) is 6.48. The van der Waals surface area contributed by atoms with Gasteiger partial charge in [0.25, 0.3) is 0 Å². The number of amides is 1. The third-order valence-electron chi connectivity index (χ3n) is 2.41. The highest BCUT2D eigenvalue weighted by atomic mass is 16.6. The Balaban J connectivity index is 2.77. The molecule has 0 radical (unpaired) electrons. The Bertz CT molecular complexity index is 541. The molecule has 116 valence electrons. The van der Waals surface area contributed by atoms with E-state index < -0.39 is 11.7 Å². The monoisotopic (exact) mass is 295 g/mol. The predicted molar refractivity (Wildman–Crippen MR) is 78.7 cm³/mol. The first-order chi connectivity index (χ1) is 9.73. The third kappa shape index (κ3) is 5.68. The minimum Gasteiger partial charge on any atom is -0.469 e. The van der Waals surface area contributed by atoms with Gasteiger partial charge in [-0.1, -0.05) is 6.08 Å². The number of methoxy groups -OCH3 is 1. The number of nitrogens with one attached hydrogen (secondary N) is 1. The lowest BCUT2D eigenvalue weighted by molar-refractivity contribution is -0.139. The lowest BCUT2D eigenvalue weighted by Crippen LogP contribution is -2.27. The highest BCUT2D eigenvalue weighted by Crippen LogP contribution is 2.18. The topological polar surface area (TPSA) is 82.4 Å². The Morgan fingerprint density at radius 2 is 2.10 bits per heavy atom. The normalized spacial score (nSPS) is 11.5. The second-order valence-corrected chi connectivity index (χ2v) is 5.38. The summed E-state index contributed by atoms with van der Waals surface area (Å²) in [5, 5.41) is 6.69. The van der Waals surface area contributed by atoms with Gasteiger partial charge >= 0.3 is 12.1 Å². The summed E-state index contributed by atoms with van der Waals surface area (Å²) in [7, 11) is 3.06. The number of hydrogen-bond donors (Lipinski definition) is 1. The molecule has 0 saturated heterocycles. The van der Waals surface area contributed by atoms with Crippen LogP contribution in [0.2, 0.25) is 0 Å². The molecule has 0 unspecified atom stereocenters. The lowest BCUT2D eigenvalue weighted by Gasteiger charge is -2.19. The minimum atomic E-state index is -0.576. The minimum absolute atomic E-state index is 0.146. The Morgan fingerprint density at radius 1 is 1.43 bits per heavy atom. The van der Waals surface area contributed by atoms with Crippen molar-refractivity contribution in [3.63, 3.8) is 0 Å². The molecular weight excluding hydrogens is 274 g/mol. The van der Waals surface area contributed by atoms with Crippen LogP contribution in [0.15, 0.2) is 12.3 Å². The molecule has 7 nitrogen and oxygen atoms in total. The van der Waals surface area contributed by atoms with Crippen molar-refractivity contribution in [3.8, 4) is 0 Å². The summed E-state index contributed by atoms with van der Waals surface area (Å²) in [4.78, 5) is 22.8. The van der Waals surface area contributed by atoms with Crippen molar-refractivity contribution in [1.82, 2.24) is 9.78 Å². The van der Waals surface area contributed by atoms with Crippen LogP contribution in [-0.2, 0) is 21.3 Å². The number of carbonyl (C=O) groups excluding carboxylic acids is 2. The molecule has 0 aliphatic rings. The number of carbonyl (C=O) groups is 2. The number of rotatable bonds is 4. The fourth-order valence-electron chi connectivity index (χ4n) is 1.50. The first-order valence-electron chi connectivity index (χ1n) is 6.48. The van der Waals surface area contributed by atoms with Crippen molar-refractivity contribution in [2.24, 2.45) is 7.05 Å². The smallest absolute Gasteiger partial charge is 0.412 e. The average Bonchev–Trinajstić information content (AvgIpc) is 2.68. The maximum atomic E-state index is 11.7. The zero-order valence-corrected chi connectivity index (χ0v) is 13.0. The molecule has 0 aliphatic carbocycles. The molecule has 7 heteroatoms. The van der Waals surface area contributed by atoms with E-state index in [1.807, 2.05) is 0 Å². The van der Waals surface area contributed by atoms with Crippen LogP contribution in [0.1, 0.15) is 32.9 Å². The molecule has 0 atom stereocenters. The zero-order chi connectivity index (χ0) is 16.0. The van der Waals surface area contributed by atoms with Crippen molar-refractivity contribution in [2.75, 3.05) is 12.4 Å². The summed E-state index contributed by atoms with van der Waals surface area (Å²) in [6.45, 7) is 5.35. The Labute approximate surface area is 123 Å². The van der Waals surface area contributed by atoms with Gasteiger partial charge in [-0.05, 0) is 26.8 Å². The van der Waals surface area contributed by atoms with Crippen LogP contribution in [0.4, 0.5) is 10.5 Å². The lowest BCUT2D eigenvalue weighted by atomic mass is 10.2. The van der Waals surface area contributed by atoms with Crippen LogP contribution < -0.4 is 5.32 Å². The summed E-state index contributed by atoms with van der Waals surface area (Å²) >= 11 is 0. The number of hydrogen-bond acceptors (Lipinski definition) is 5. The van der Waals surface area contributed by atoms with Gasteiger partial charge in [-0.15, -0.1) is 0 Å². The molecule has 1 aromatic rings. The molecule has 0 aliphatic heterocycles. The van der Waals surface area contributed by atoms with Crippen molar-refractivity contribution in [2.45, 2.75) is 32.8 Å². The molecule has 1 rings (SSSR count). The number of esters is 1. The number of anilines is 1. The van der Waals surface area contributed by atoms with Crippen LogP contribution in [0.3, 0.4) is 0 Å². The van der Waals surface area contributed by atoms with E-state index in [2.05, 4.69) is 15.2 Å². The van der Waals surface area contributed by atoms with E-state index in [1.54, 1.807) is 44.7 Å². The van der Waals surface area contributed by atoms with E-state index in [9.17, 15) is 9.59 Å². The zero-order valence-electron chi connectivity index (χ0n) is 13.0. The van der Waals surface area contributed by atoms with Crippen LogP contribution in [0.5, 0.6) is 0 Å². The van der Waals surface area contributed by atoms with E-state index in [4.69, 9.17) is 4.74 Å². The SMILES string of the molecule is COC(=O)CC=Cc1c(NC(=O)OC(C)(C)C)cnn1C. The van der Waals surface area contributed by atoms with Gasteiger partial charge in [-0.25, -0.2) is 4.79 Å². The van der Waals surface area contributed by atoms with Gasteiger partial charge in [0.15, 0.2) is 0 Å². The van der Waals surface area contributed by atoms with Crippen LogP contribution >= 0.6 is 0 Å². The molecule has 1 amide bonds. The number of ether oxygens (including phenoxy) is 2. The number of aromatic nitrogens is 2. The van der Waals surface area contributed by atoms with Crippen molar-refractivity contribution in [1.29, 1.82) is 0 Å². The van der Waals surface area contributed by atoms with E-state index in [0.29, 0.717) is 11.4 Å². The number of aryl methyl sites for hydroxylation is 1. The second-order valence-electron chi connectivity index (χ2n) is 5.38. The predicted octanol–water partition coefficient (Wildman–Crippen LogP) is 2.34. The van der Waals surface area contributed by atoms with Gasteiger partial charge in [0.1, 0.15) is 5.60 Å². The van der Waals surface area contributed by atoms with Gasteiger partial charge < -0.3 is 9.47 Å². The highest BCUT2D eigenvalue weighted by molar-refractivity contribution is 5.87. The molecule has 1 aromatic heterocycles. The summed E-state index contributed by atoms with van der Waals surface area (Å²) in [5.74, 6) is -0.338. The van der Waals surface area contributed by atoms with Crippen molar-refractivity contribution < 1.29 is 19.1 Å². The molecular formula is C14H21N3O4. The summed E-state index contributed by atoms with van der Waals surface area (Å²) < 4.78 is 11.3. The van der Waals surface area contributed by atoms with Crippen LogP contribution in [0, 0.1) is 0 Å². The van der Waals surface area contributed by atoms with Crippen molar-refractivity contribution >= 4 is 23.8 Å². The van der Waals surface area contributed by atoms with E-state index in [1.165, 1.54) is 13.3 Å². The standard InChI is InChI=1S/C14H21N3O4/c1-14(2,3)21-13(19)16-10-9-15-17(4)11(10)7-6-8-12(18)20-5/h6-7,9H,8H2,1-5H3,(H,16,19). The van der Waals surface area contributed by atoms with Gasteiger partial charge in [0, 0.05) is 7.05 Å². The van der Waals surface area contributed by atoms with E-state index >= 15 is 0 Å². The Kier molecular flexibility index (Phi) is 5.52. The van der Waals surface area contributed by atoms with Gasteiger partial charge in [0.05, 0.1) is 31.1 Å². The summed E-state index contributed by atoms with van der Waals surface area (Å²) in [6.07, 6.45) is 4.44. The molecule has 1 heterocycles. The van der Waals surface area contributed by atoms with E-state index in [-0.39, 0.29) is 12.4 Å². The first kappa shape index (κ1) is 16.7. The fraction of sp³-hybridized carbons (Fsp3) is 0.500. The highest BCUT2D eigenvalue weighted by Gasteiger charge is 2.18. The Morgan fingerprint density at radius 3 is 2.67 bits per heavy atom. The molecule has 21 heavy (non-hydrogen) atoms. The summed E-state index contributed by atoms with van der Waals surface area (Å²) in [6, 6.07) is 0. The van der Waals surface area contributed by atoms with Gasteiger partial charge in [0.2, 0.25) is 0 Å². The van der Waals surface area contributed by atoms with Crippen LogP contribution in [0.25, 0.3) is 6.08 Å². The van der Waals surface area contributed by atoms with E-state index in [0.717, 1.165) is 0 Å². The Hall–Kier alpha value is -2.31. The third-order valence-corrected chi connectivity index (χ3v) is 2.41. The molecule has 0 saturated carbocycles. The van der Waals surface area contributed by atoms with Gasteiger partial charge in [-0.2, -0.15) is 5.10 Å². The quantitative estimate of drug-likeness (QED) is 0.862. The second kappa shape index (κ2) is 6.92. The molecule has 1 N–H and O–H groups in total. The molecule has 0 bridgehead atoms. The maximum Gasteiger partial charge on any atom is 0.412 e. The number of nitrogens with zero attached hydrogens (tertiary/aromatic N) is 2. The summed E-state index contributed by atoms with van der Waals surface area (Å²) in [5.41, 5.74) is 0.588. The molecule has 0 fully saturated rings. The average molecular weight is 295 g/mol.